The zero-order chi connectivity index (χ0) is 25.6. The smallest absolute Gasteiger partial charge is 0.422 e. The largest absolute Gasteiger partial charge is 0.468 e. The molecule has 1 aliphatic heterocycles. The van der Waals surface area contributed by atoms with Gasteiger partial charge in [0.2, 0.25) is 5.88 Å². The molecular formula is C31H25F3N2O. The second-order valence-electron chi connectivity index (χ2n) is 9.48. The molecule has 6 heteroatoms. The molecule has 1 aromatic heterocycles. The van der Waals surface area contributed by atoms with E-state index in [-0.39, 0.29) is 11.9 Å². The van der Waals surface area contributed by atoms with Crippen LogP contribution in [0.5, 0.6) is 5.88 Å². The molecule has 0 fully saturated rings. The highest BCUT2D eigenvalue weighted by molar-refractivity contribution is 5.86. The SMILES string of the molecule is CC(c1cnc(OCC(F)(F)F)c(-c2cccc3c2Cc2ccccc2-3)c1)N1CC=Cc2ccccc21. The fourth-order valence-electron chi connectivity index (χ4n) is 5.39. The fourth-order valence-corrected chi connectivity index (χ4v) is 5.39. The van der Waals surface area contributed by atoms with Gasteiger partial charge in [0, 0.05) is 24.0 Å². The fraction of sp³-hybridized carbons (Fsp3) is 0.194. The maximum absolute atomic E-state index is 13.1. The van der Waals surface area contributed by atoms with Crippen LogP contribution in [-0.2, 0) is 6.42 Å². The van der Waals surface area contributed by atoms with Crippen LogP contribution < -0.4 is 9.64 Å². The minimum absolute atomic E-state index is 0.00317. The van der Waals surface area contributed by atoms with Crippen LogP contribution in [0.15, 0.2) is 85.1 Å². The average molecular weight is 499 g/mol. The molecule has 0 radical (unpaired) electrons. The van der Waals surface area contributed by atoms with Crippen LogP contribution >= 0.6 is 0 Å². The van der Waals surface area contributed by atoms with E-state index in [4.69, 9.17) is 4.74 Å². The normalized spacial score (nSPS) is 14.6. The van der Waals surface area contributed by atoms with Crippen molar-refractivity contribution in [2.24, 2.45) is 0 Å². The first-order valence-electron chi connectivity index (χ1n) is 12.3. The van der Waals surface area contributed by atoms with Gasteiger partial charge >= 0.3 is 6.18 Å². The van der Waals surface area contributed by atoms with Crippen LogP contribution in [-0.4, -0.2) is 24.3 Å². The third-order valence-electron chi connectivity index (χ3n) is 7.18. The number of alkyl halides is 3. The molecule has 186 valence electrons. The summed E-state index contributed by atoms with van der Waals surface area (Å²) in [5.41, 5.74) is 9.15. The molecule has 1 aliphatic carbocycles. The number of hydrogen-bond acceptors (Lipinski definition) is 3. The molecule has 0 bridgehead atoms. The topological polar surface area (TPSA) is 25.4 Å². The van der Waals surface area contributed by atoms with Crippen LogP contribution in [0.25, 0.3) is 28.3 Å². The summed E-state index contributed by atoms with van der Waals surface area (Å²) < 4.78 is 44.6. The van der Waals surface area contributed by atoms with Crippen LogP contribution in [0.1, 0.15) is 35.2 Å². The van der Waals surface area contributed by atoms with E-state index >= 15 is 0 Å². The first-order chi connectivity index (χ1) is 17.9. The predicted molar refractivity (Wildman–Crippen MR) is 141 cm³/mol. The minimum Gasteiger partial charge on any atom is -0.468 e. The van der Waals surface area contributed by atoms with Crippen LogP contribution in [0.2, 0.25) is 0 Å². The summed E-state index contributed by atoms with van der Waals surface area (Å²) in [7, 11) is 0. The first kappa shape index (κ1) is 23.3. The van der Waals surface area contributed by atoms with Crippen molar-refractivity contribution in [2.75, 3.05) is 18.1 Å². The maximum Gasteiger partial charge on any atom is 0.422 e. The number of halogens is 3. The Morgan fingerprint density at radius 3 is 2.49 bits per heavy atom. The van der Waals surface area contributed by atoms with Crippen molar-refractivity contribution >= 4 is 11.8 Å². The lowest BCUT2D eigenvalue weighted by Gasteiger charge is -2.34. The van der Waals surface area contributed by atoms with Gasteiger partial charge in [0.05, 0.1) is 6.04 Å². The van der Waals surface area contributed by atoms with Crippen molar-refractivity contribution in [1.29, 1.82) is 0 Å². The number of nitrogens with zero attached hydrogens (tertiary/aromatic N) is 2. The quantitative estimate of drug-likeness (QED) is 0.247. The highest BCUT2D eigenvalue weighted by Gasteiger charge is 2.31. The molecule has 0 saturated carbocycles. The summed E-state index contributed by atoms with van der Waals surface area (Å²) >= 11 is 0. The molecular weight excluding hydrogens is 473 g/mol. The van der Waals surface area contributed by atoms with E-state index in [9.17, 15) is 13.2 Å². The zero-order valence-corrected chi connectivity index (χ0v) is 20.3. The molecule has 2 heterocycles. The van der Waals surface area contributed by atoms with Gasteiger partial charge in [0.1, 0.15) is 0 Å². The number of anilines is 1. The lowest BCUT2D eigenvalue weighted by atomic mass is 9.94. The molecule has 0 saturated heterocycles. The highest BCUT2D eigenvalue weighted by atomic mass is 19.4. The number of fused-ring (bicyclic) bond motifs is 4. The second kappa shape index (κ2) is 9.11. The Hall–Kier alpha value is -4.06. The van der Waals surface area contributed by atoms with E-state index in [0.717, 1.165) is 45.6 Å². The van der Waals surface area contributed by atoms with Crippen LogP contribution in [0.3, 0.4) is 0 Å². The van der Waals surface area contributed by atoms with E-state index in [1.165, 1.54) is 5.56 Å². The molecule has 0 spiro atoms. The third-order valence-corrected chi connectivity index (χ3v) is 7.18. The molecule has 2 aliphatic rings. The third kappa shape index (κ3) is 4.37. The van der Waals surface area contributed by atoms with Crippen molar-refractivity contribution in [3.05, 3.63) is 107 Å². The number of pyridine rings is 1. The predicted octanol–water partition coefficient (Wildman–Crippen LogP) is 7.86. The Labute approximate surface area is 213 Å². The Balaban J connectivity index is 1.44. The van der Waals surface area contributed by atoms with Crippen molar-refractivity contribution in [2.45, 2.75) is 25.6 Å². The van der Waals surface area contributed by atoms with Gasteiger partial charge in [0.25, 0.3) is 0 Å². The van der Waals surface area contributed by atoms with E-state index in [2.05, 4.69) is 59.3 Å². The van der Waals surface area contributed by atoms with Crippen molar-refractivity contribution < 1.29 is 17.9 Å². The summed E-state index contributed by atoms with van der Waals surface area (Å²) in [6, 6.07) is 24.3. The summed E-state index contributed by atoms with van der Waals surface area (Å²) in [4.78, 5) is 6.71. The lowest BCUT2D eigenvalue weighted by Crippen LogP contribution is -2.29. The summed E-state index contributed by atoms with van der Waals surface area (Å²) in [5.74, 6) is -0.00317. The average Bonchev–Trinajstić information content (AvgIpc) is 3.30. The van der Waals surface area contributed by atoms with Gasteiger partial charge in [-0.15, -0.1) is 0 Å². The molecule has 37 heavy (non-hydrogen) atoms. The van der Waals surface area contributed by atoms with Crippen molar-refractivity contribution in [3.63, 3.8) is 0 Å². The number of benzene rings is 3. The van der Waals surface area contributed by atoms with Gasteiger partial charge in [0.15, 0.2) is 6.61 Å². The van der Waals surface area contributed by atoms with E-state index < -0.39 is 12.8 Å². The van der Waals surface area contributed by atoms with Gasteiger partial charge in [-0.3, -0.25) is 0 Å². The number of ether oxygens (including phenoxy) is 1. The molecule has 3 nitrogen and oxygen atoms in total. The van der Waals surface area contributed by atoms with Gasteiger partial charge in [-0.05, 0) is 64.4 Å². The Kier molecular flexibility index (Phi) is 5.75. The molecule has 1 unspecified atom stereocenters. The van der Waals surface area contributed by atoms with Gasteiger partial charge < -0.3 is 9.64 Å². The van der Waals surface area contributed by atoms with E-state index in [0.29, 0.717) is 12.0 Å². The van der Waals surface area contributed by atoms with E-state index in [1.807, 2.05) is 42.5 Å². The highest BCUT2D eigenvalue weighted by Crippen LogP contribution is 2.44. The summed E-state index contributed by atoms with van der Waals surface area (Å²) in [5, 5.41) is 0. The number of para-hydroxylation sites is 1. The van der Waals surface area contributed by atoms with Crippen molar-refractivity contribution in [1.82, 2.24) is 4.98 Å². The second-order valence-corrected chi connectivity index (χ2v) is 9.48. The summed E-state index contributed by atoms with van der Waals surface area (Å²) in [6.45, 7) is 1.44. The van der Waals surface area contributed by atoms with Crippen LogP contribution in [0, 0.1) is 0 Å². The first-order valence-corrected chi connectivity index (χ1v) is 12.3. The summed E-state index contributed by atoms with van der Waals surface area (Å²) in [6.07, 6.45) is 2.13. The molecule has 0 N–H and O–H groups in total. The Morgan fingerprint density at radius 1 is 0.919 bits per heavy atom. The Bertz CT molecular complexity index is 1510. The van der Waals surface area contributed by atoms with Gasteiger partial charge in [-0.25, -0.2) is 4.98 Å². The van der Waals surface area contributed by atoms with E-state index in [1.54, 1.807) is 6.20 Å². The molecule has 0 amide bonds. The van der Waals surface area contributed by atoms with Gasteiger partial charge in [-0.2, -0.15) is 13.2 Å². The van der Waals surface area contributed by atoms with Gasteiger partial charge in [-0.1, -0.05) is 72.8 Å². The Morgan fingerprint density at radius 2 is 1.65 bits per heavy atom. The number of rotatable bonds is 5. The number of aromatic nitrogens is 1. The minimum atomic E-state index is -4.45. The standard InChI is InChI=1S/C31H25F3N2O/c1-20(36-15-7-10-21-8-3-5-14-29(21)36)23-17-28(30(35-18-23)37-19-31(32,33)34)26-13-6-12-25-24-11-4-2-9-22(24)16-27(25)26/h2-14,17-18,20H,15-16,19H2,1H3. The maximum atomic E-state index is 13.1. The lowest BCUT2D eigenvalue weighted by molar-refractivity contribution is -0.154. The monoisotopic (exact) mass is 498 g/mol. The zero-order valence-electron chi connectivity index (χ0n) is 20.3. The molecule has 6 rings (SSSR count). The molecule has 3 aromatic carbocycles. The number of hydrogen-bond donors (Lipinski definition) is 0. The molecule has 1 atom stereocenters. The van der Waals surface area contributed by atoms with Crippen LogP contribution in [0.4, 0.5) is 18.9 Å². The molecule has 4 aromatic rings. The van der Waals surface area contributed by atoms with Crippen molar-refractivity contribution in [3.8, 4) is 28.1 Å².